The molecule has 1 aliphatic rings. The predicted octanol–water partition coefficient (Wildman–Crippen LogP) is 3.98. The highest BCUT2D eigenvalue weighted by molar-refractivity contribution is 6.19. The average Bonchev–Trinajstić information content (AvgIpc) is 3.05. The Labute approximate surface area is 163 Å². The van der Waals surface area contributed by atoms with E-state index < -0.39 is 0 Å². The van der Waals surface area contributed by atoms with Crippen LogP contribution in [0.1, 0.15) is 41.7 Å². The van der Waals surface area contributed by atoms with Crippen molar-refractivity contribution in [2.75, 3.05) is 4.90 Å². The van der Waals surface area contributed by atoms with E-state index in [1.54, 1.807) is 24.3 Å². The fourth-order valence-electron chi connectivity index (χ4n) is 3.61. The smallest absolute Gasteiger partial charge is 0.251 e. The van der Waals surface area contributed by atoms with Gasteiger partial charge in [-0.3, -0.25) is 19.3 Å². The Morgan fingerprint density at radius 2 is 1.54 bits per heavy atom. The molecule has 1 fully saturated rings. The van der Waals surface area contributed by atoms with Crippen molar-refractivity contribution >= 4 is 34.2 Å². The van der Waals surface area contributed by atoms with Crippen LogP contribution in [0.5, 0.6) is 0 Å². The van der Waals surface area contributed by atoms with Gasteiger partial charge in [0.1, 0.15) is 0 Å². The summed E-state index contributed by atoms with van der Waals surface area (Å²) in [6.07, 6.45) is 0.479. The van der Waals surface area contributed by atoms with Crippen LogP contribution in [0.25, 0.3) is 10.8 Å². The molecule has 5 nitrogen and oxygen atoms in total. The second kappa shape index (κ2) is 7.27. The zero-order valence-corrected chi connectivity index (χ0v) is 15.5. The van der Waals surface area contributed by atoms with Gasteiger partial charge in [0.2, 0.25) is 11.8 Å². The highest BCUT2D eigenvalue weighted by Crippen LogP contribution is 2.25. The zero-order valence-electron chi connectivity index (χ0n) is 15.5. The van der Waals surface area contributed by atoms with Crippen molar-refractivity contribution in [1.29, 1.82) is 0 Å². The van der Waals surface area contributed by atoms with Gasteiger partial charge in [0.05, 0.1) is 11.7 Å². The van der Waals surface area contributed by atoms with Crippen LogP contribution in [0.2, 0.25) is 0 Å². The lowest BCUT2D eigenvalue weighted by molar-refractivity contribution is -0.121. The molecule has 1 atom stereocenters. The molecule has 1 aliphatic heterocycles. The van der Waals surface area contributed by atoms with Crippen molar-refractivity contribution in [2.45, 2.75) is 25.8 Å². The van der Waals surface area contributed by atoms with Crippen molar-refractivity contribution in [2.24, 2.45) is 0 Å². The standard InChI is InChI=1S/C23H20N2O3/c1-15(19-8-4-6-16-5-2-3-7-20(16)19)24-23(28)17-9-11-18(12-10-17)25-21(26)13-14-22(25)27/h2-12,15H,13-14H2,1H3,(H,24,28). The number of carbonyl (C=O) groups excluding carboxylic acids is 3. The maximum atomic E-state index is 12.7. The lowest BCUT2D eigenvalue weighted by Gasteiger charge is -2.17. The SMILES string of the molecule is CC(NC(=O)c1ccc(N2C(=O)CCC2=O)cc1)c1cccc2ccccc12. The molecule has 0 saturated carbocycles. The van der Waals surface area contributed by atoms with E-state index in [0.717, 1.165) is 16.3 Å². The van der Waals surface area contributed by atoms with E-state index in [1.807, 2.05) is 49.4 Å². The molecule has 3 amide bonds. The Hall–Kier alpha value is -3.47. The zero-order chi connectivity index (χ0) is 19.7. The third-order valence-electron chi connectivity index (χ3n) is 5.08. The van der Waals surface area contributed by atoms with Crippen molar-refractivity contribution in [1.82, 2.24) is 5.32 Å². The first-order chi connectivity index (χ1) is 13.5. The Morgan fingerprint density at radius 3 is 2.25 bits per heavy atom. The molecule has 5 heteroatoms. The van der Waals surface area contributed by atoms with Crippen LogP contribution >= 0.6 is 0 Å². The molecule has 0 bridgehead atoms. The molecule has 0 aromatic heterocycles. The fourth-order valence-corrected chi connectivity index (χ4v) is 3.61. The van der Waals surface area contributed by atoms with Crippen LogP contribution in [0.15, 0.2) is 66.7 Å². The molecular formula is C23H20N2O3. The molecule has 140 valence electrons. The van der Waals surface area contributed by atoms with Gasteiger partial charge in [-0.2, -0.15) is 0 Å². The number of carbonyl (C=O) groups is 3. The number of imide groups is 1. The number of rotatable bonds is 4. The minimum Gasteiger partial charge on any atom is -0.345 e. The van der Waals surface area contributed by atoms with E-state index in [9.17, 15) is 14.4 Å². The summed E-state index contributed by atoms with van der Waals surface area (Å²) >= 11 is 0. The van der Waals surface area contributed by atoms with Crippen molar-refractivity contribution in [3.63, 3.8) is 0 Å². The lowest BCUT2D eigenvalue weighted by atomic mass is 9.99. The molecule has 0 aliphatic carbocycles. The maximum Gasteiger partial charge on any atom is 0.251 e. The van der Waals surface area contributed by atoms with Gasteiger partial charge in [0.25, 0.3) is 5.91 Å². The summed E-state index contributed by atoms with van der Waals surface area (Å²) in [6, 6.07) is 20.5. The van der Waals surface area contributed by atoms with Gasteiger partial charge in [0.15, 0.2) is 0 Å². The van der Waals surface area contributed by atoms with E-state index >= 15 is 0 Å². The summed E-state index contributed by atoms with van der Waals surface area (Å²) in [5.74, 6) is -0.607. The van der Waals surface area contributed by atoms with Crippen LogP contribution in [-0.2, 0) is 9.59 Å². The van der Waals surface area contributed by atoms with Gasteiger partial charge < -0.3 is 5.32 Å². The van der Waals surface area contributed by atoms with Crippen molar-refractivity contribution in [3.8, 4) is 0 Å². The molecule has 1 N–H and O–H groups in total. The molecule has 1 heterocycles. The summed E-state index contributed by atoms with van der Waals surface area (Å²) in [4.78, 5) is 37.5. The van der Waals surface area contributed by atoms with E-state index in [4.69, 9.17) is 0 Å². The number of fused-ring (bicyclic) bond motifs is 1. The van der Waals surface area contributed by atoms with Crippen molar-refractivity contribution in [3.05, 3.63) is 77.9 Å². The minimum atomic E-state index is -0.203. The number of nitrogens with one attached hydrogen (secondary N) is 1. The summed E-state index contributed by atoms with van der Waals surface area (Å²) < 4.78 is 0. The first-order valence-electron chi connectivity index (χ1n) is 9.29. The normalized spacial score (nSPS) is 15.1. The van der Waals surface area contributed by atoms with E-state index in [1.165, 1.54) is 4.90 Å². The van der Waals surface area contributed by atoms with Gasteiger partial charge in [-0.1, -0.05) is 42.5 Å². The summed E-state index contributed by atoms with van der Waals surface area (Å²) in [7, 11) is 0. The number of anilines is 1. The average molecular weight is 372 g/mol. The fraction of sp³-hybridized carbons (Fsp3) is 0.174. The second-order valence-electron chi connectivity index (χ2n) is 6.93. The molecule has 3 aromatic rings. The van der Waals surface area contributed by atoms with Crippen LogP contribution in [0, 0.1) is 0 Å². The van der Waals surface area contributed by atoms with E-state index in [-0.39, 0.29) is 36.6 Å². The third-order valence-corrected chi connectivity index (χ3v) is 5.08. The van der Waals surface area contributed by atoms with Crippen LogP contribution in [0.4, 0.5) is 5.69 Å². The second-order valence-corrected chi connectivity index (χ2v) is 6.93. The summed E-state index contributed by atoms with van der Waals surface area (Å²) in [6.45, 7) is 1.95. The van der Waals surface area contributed by atoms with Gasteiger partial charge in [-0.15, -0.1) is 0 Å². The number of hydrogen-bond donors (Lipinski definition) is 1. The van der Waals surface area contributed by atoms with Gasteiger partial charge in [-0.05, 0) is 47.5 Å². The van der Waals surface area contributed by atoms with Crippen LogP contribution in [-0.4, -0.2) is 17.7 Å². The molecule has 28 heavy (non-hydrogen) atoms. The Bertz CT molecular complexity index is 1050. The first-order valence-corrected chi connectivity index (χ1v) is 9.29. The van der Waals surface area contributed by atoms with Crippen LogP contribution in [0.3, 0.4) is 0 Å². The number of amides is 3. The van der Waals surface area contributed by atoms with Crippen molar-refractivity contribution < 1.29 is 14.4 Å². The highest BCUT2D eigenvalue weighted by Gasteiger charge is 2.30. The predicted molar refractivity (Wildman–Crippen MR) is 108 cm³/mol. The molecule has 0 radical (unpaired) electrons. The summed E-state index contributed by atoms with van der Waals surface area (Å²) in [5.41, 5.74) is 2.04. The highest BCUT2D eigenvalue weighted by atomic mass is 16.2. The minimum absolute atomic E-state index is 0.167. The lowest BCUT2D eigenvalue weighted by Crippen LogP contribution is -2.29. The quantitative estimate of drug-likeness (QED) is 0.705. The number of hydrogen-bond acceptors (Lipinski definition) is 3. The molecule has 0 spiro atoms. The topological polar surface area (TPSA) is 66.5 Å². The molecular weight excluding hydrogens is 352 g/mol. The van der Waals surface area contributed by atoms with E-state index in [2.05, 4.69) is 5.32 Å². The van der Waals surface area contributed by atoms with Gasteiger partial charge in [-0.25, -0.2) is 0 Å². The number of nitrogens with zero attached hydrogens (tertiary/aromatic N) is 1. The third kappa shape index (κ3) is 3.27. The Morgan fingerprint density at radius 1 is 0.893 bits per heavy atom. The summed E-state index contributed by atoms with van der Waals surface area (Å²) in [5, 5.41) is 5.27. The maximum absolute atomic E-state index is 12.7. The Kier molecular flexibility index (Phi) is 4.65. The molecule has 3 aromatic carbocycles. The monoisotopic (exact) mass is 372 g/mol. The van der Waals surface area contributed by atoms with Crippen LogP contribution < -0.4 is 10.2 Å². The largest absolute Gasteiger partial charge is 0.345 e. The van der Waals surface area contributed by atoms with E-state index in [0.29, 0.717) is 11.3 Å². The Balaban J connectivity index is 1.52. The van der Waals surface area contributed by atoms with Gasteiger partial charge in [0, 0.05) is 18.4 Å². The molecule has 4 rings (SSSR count). The molecule has 1 unspecified atom stereocenters. The number of benzene rings is 3. The van der Waals surface area contributed by atoms with Gasteiger partial charge >= 0.3 is 0 Å². The first kappa shape index (κ1) is 17.9. The molecule has 1 saturated heterocycles.